The molecule has 1 unspecified atom stereocenters. The first-order chi connectivity index (χ1) is 7.69. The third-order valence-electron chi connectivity index (χ3n) is 2.27. The van der Waals surface area contributed by atoms with Gasteiger partial charge in [0.05, 0.1) is 25.8 Å². The molecule has 6 heteroatoms. The van der Waals surface area contributed by atoms with Crippen LogP contribution in [0.5, 0.6) is 0 Å². The Morgan fingerprint density at radius 3 is 2.88 bits per heavy atom. The van der Waals surface area contributed by atoms with Crippen molar-refractivity contribution in [1.29, 1.82) is 0 Å². The number of methoxy groups -OCH3 is 1. The average Bonchev–Trinajstić information content (AvgIpc) is 2.72. The third kappa shape index (κ3) is 3.55. The van der Waals surface area contributed by atoms with Crippen LogP contribution in [-0.4, -0.2) is 46.2 Å². The lowest BCUT2D eigenvalue weighted by molar-refractivity contribution is 0.127. The fraction of sp³-hybridized carbons (Fsp3) is 0.800. The van der Waals surface area contributed by atoms with E-state index in [1.165, 1.54) is 0 Å². The molecule has 1 heterocycles. The van der Waals surface area contributed by atoms with Crippen LogP contribution in [0, 0.1) is 0 Å². The summed E-state index contributed by atoms with van der Waals surface area (Å²) < 4.78 is 6.83. The molecule has 0 fully saturated rings. The van der Waals surface area contributed by atoms with Gasteiger partial charge < -0.3 is 15.2 Å². The van der Waals surface area contributed by atoms with E-state index in [0.29, 0.717) is 13.2 Å². The summed E-state index contributed by atoms with van der Waals surface area (Å²) in [5.41, 5.74) is 0. The van der Waals surface area contributed by atoms with E-state index in [4.69, 9.17) is 9.84 Å². The predicted molar refractivity (Wildman–Crippen MR) is 60.0 cm³/mol. The molecule has 1 rings (SSSR count). The van der Waals surface area contributed by atoms with Gasteiger partial charge in [0.15, 0.2) is 0 Å². The molecule has 0 bridgehead atoms. The molecule has 92 valence electrons. The van der Waals surface area contributed by atoms with Gasteiger partial charge in [0.1, 0.15) is 12.2 Å². The van der Waals surface area contributed by atoms with Gasteiger partial charge in [-0.2, -0.15) is 5.10 Å². The maximum atomic E-state index is 9.08. The largest absolute Gasteiger partial charge is 0.395 e. The molecule has 0 aliphatic heterocycles. The van der Waals surface area contributed by atoms with Gasteiger partial charge in [0, 0.05) is 13.2 Å². The minimum absolute atomic E-state index is 0.0453. The van der Waals surface area contributed by atoms with Crippen molar-refractivity contribution in [2.75, 3.05) is 20.3 Å². The first-order valence-corrected chi connectivity index (χ1v) is 5.40. The van der Waals surface area contributed by atoms with Crippen LogP contribution >= 0.6 is 0 Å². The van der Waals surface area contributed by atoms with E-state index in [0.717, 1.165) is 5.82 Å². The van der Waals surface area contributed by atoms with E-state index in [2.05, 4.69) is 29.2 Å². The minimum Gasteiger partial charge on any atom is -0.395 e. The molecule has 0 saturated carbocycles. The van der Waals surface area contributed by atoms with Crippen LogP contribution in [0.4, 0.5) is 0 Å². The Morgan fingerprint density at radius 2 is 2.31 bits per heavy atom. The summed E-state index contributed by atoms with van der Waals surface area (Å²) in [5.74, 6) is 0.865. The second-order valence-corrected chi connectivity index (χ2v) is 3.93. The van der Waals surface area contributed by atoms with E-state index < -0.39 is 0 Å². The van der Waals surface area contributed by atoms with Crippen LogP contribution in [0.1, 0.15) is 25.7 Å². The third-order valence-corrected chi connectivity index (χ3v) is 2.27. The Balaban J connectivity index is 2.49. The number of nitrogens with one attached hydrogen (secondary N) is 1. The van der Waals surface area contributed by atoms with Gasteiger partial charge in [-0.25, -0.2) is 9.67 Å². The standard InChI is InChI=1S/C10H20N4O2/c1-8(2)14-10(12-7-13-14)4-11-9(5-15)6-16-3/h7-9,11,15H,4-6H2,1-3H3. The van der Waals surface area contributed by atoms with Gasteiger partial charge in [-0.3, -0.25) is 0 Å². The molecule has 0 aliphatic rings. The predicted octanol–water partition coefficient (Wildman–Crippen LogP) is -0.0441. The van der Waals surface area contributed by atoms with Crippen molar-refractivity contribution >= 4 is 0 Å². The number of hydrogen-bond donors (Lipinski definition) is 2. The Kier molecular flexibility index (Phi) is 5.37. The number of aliphatic hydroxyl groups excluding tert-OH is 1. The topological polar surface area (TPSA) is 72.2 Å². The van der Waals surface area contributed by atoms with Gasteiger partial charge in [-0.05, 0) is 13.8 Å². The molecule has 1 aromatic heterocycles. The molecule has 16 heavy (non-hydrogen) atoms. The zero-order chi connectivity index (χ0) is 12.0. The second kappa shape index (κ2) is 6.57. The van der Waals surface area contributed by atoms with E-state index in [-0.39, 0.29) is 18.7 Å². The molecule has 1 atom stereocenters. The average molecular weight is 228 g/mol. The van der Waals surface area contributed by atoms with Crippen LogP contribution in [0.3, 0.4) is 0 Å². The molecule has 0 aliphatic carbocycles. The lowest BCUT2D eigenvalue weighted by atomic mass is 10.3. The highest BCUT2D eigenvalue weighted by atomic mass is 16.5. The number of rotatable bonds is 7. The lowest BCUT2D eigenvalue weighted by Crippen LogP contribution is -2.36. The number of hydrogen-bond acceptors (Lipinski definition) is 5. The SMILES string of the molecule is COCC(CO)NCc1ncnn1C(C)C. The zero-order valence-electron chi connectivity index (χ0n) is 10.1. The Labute approximate surface area is 95.6 Å². The van der Waals surface area contributed by atoms with Crippen molar-refractivity contribution in [2.45, 2.75) is 32.5 Å². The fourth-order valence-electron chi connectivity index (χ4n) is 1.44. The summed E-state index contributed by atoms with van der Waals surface area (Å²) in [6.45, 7) is 5.20. The van der Waals surface area contributed by atoms with E-state index in [1.807, 2.05) is 4.68 Å². The number of ether oxygens (including phenoxy) is 1. The smallest absolute Gasteiger partial charge is 0.141 e. The molecule has 0 spiro atoms. The van der Waals surface area contributed by atoms with Crippen LogP contribution in [0.2, 0.25) is 0 Å². The monoisotopic (exact) mass is 228 g/mol. The highest BCUT2D eigenvalue weighted by molar-refractivity contribution is 4.86. The molecule has 1 aromatic rings. The van der Waals surface area contributed by atoms with Crippen molar-refractivity contribution in [3.05, 3.63) is 12.2 Å². The van der Waals surface area contributed by atoms with Crippen LogP contribution in [0.25, 0.3) is 0 Å². The van der Waals surface area contributed by atoms with Gasteiger partial charge >= 0.3 is 0 Å². The first-order valence-electron chi connectivity index (χ1n) is 5.40. The highest BCUT2D eigenvalue weighted by Crippen LogP contribution is 2.04. The number of aromatic nitrogens is 3. The van der Waals surface area contributed by atoms with Crippen molar-refractivity contribution in [1.82, 2.24) is 20.1 Å². The normalized spacial score (nSPS) is 13.3. The number of aliphatic hydroxyl groups is 1. The van der Waals surface area contributed by atoms with Crippen molar-refractivity contribution < 1.29 is 9.84 Å². The maximum absolute atomic E-state index is 9.08. The summed E-state index contributed by atoms with van der Waals surface area (Å²) in [7, 11) is 1.61. The molecular weight excluding hydrogens is 208 g/mol. The molecule has 0 saturated heterocycles. The van der Waals surface area contributed by atoms with Crippen molar-refractivity contribution in [3.63, 3.8) is 0 Å². The van der Waals surface area contributed by atoms with Crippen LogP contribution in [-0.2, 0) is 11.3 Å². The highest BCUT2D eigenvalue weighted by Gasteiger charge is 2.10. The molecule has 2 N–H and O–H groups in total. The first kappa shape index (κ1) is 13.1. The van der Waals surface area contributed by atoms with Crippen LogP contribution in [0.15, 0.2) is 6.33 Å². The summed E-state index contributed by atoms with van der Waals surface area (Å²) in [6.07, 6.45) is 1.54. The molecule has 6 nitrogen and oxygen atoms in total. The minimum atomic E-state index is -0.0673. The van der Waals surface area contributed by atoms with Gasteiger partial charge in [-0.15, -0.1) is 0 Å². The van der Waals surface area contributed by atoms with Crippen molar-refractivity contribution in [2.24, 2.45) is 0 Å². The lowest BCUT2D eigenvalue weighted by Gasteiger charge is -2.16. The van der Waals surface area contributed by atoms with E-state index in [9.17, 15) is 0 Å². The van der Waals surface area contributed by atoms with Gasteiger partial charge in [0.2, 0.25) is 0 Å². The molecule has 0 amide bonds. The van der Waals surface area contributed by atoms with Crippen LogP contribution < -0.4 is 5.32 Å². The molecule has 0 aromatic carbocycles. The van der Waals surface area contributed by atoms with E-state index >= 15 is 0 Å². The summed E-state index contributed by atoms with van der Waals surface area (Å²) in [4.78, 5) is 4.17. The van der Waals surface area contributed by atoms with Gasteiger partial charge in [-0.1, -0.05) is 0 Å². The Morgan fingerprint density at radius 1 is 1.56 bits per heavy atom. The molecule has 0 radical (unpaired) electrons. The fourth-order valence-corrected chi connectivity index (χ4v) is 1.44. The zero-order valence-corrected chi connectivity index (χ0v) is 10.1. The summed E-state index contributed by atoms with van der Waals surface area (Å²) in [5, 5.41) is 16.4. The second-order valence-electron chi connectivity index (χ2n) is 3.93. The number of nitrogens with zero attached hydrogens (tertiary/aromatic N) is 3. The summed E-state index contributed by atoms with van der Waals surface area (Å²) in [6, 6.07) is 0.219. The Bertz CT molecular complexity index is 301. The quantitative estimate of drug-likeness (QED) is 0.685. The molecular formula is C10H20N4O2. The van der Waals surface area contributed by atoms with Crippen molar-refractivity contribution in [3.8, 4) is 0 Å². The van der Waals surface area contributed by atoms with E-state index in [1.54, 1.807) is 13.4 Å². The Hall–Kier alpha value is -0.980. The van der Waals surface area contributed by atoms with Gasteiger partial charge in [0.25, 0.3) is 0 Å². The maximum Gasteiger partial charge on any atom is 0.141 e. The summed E-state index contributed by atoms with van der Waals surface area (Å²) >= 11 is 0.